The lowest BCUT2D eigenvalue weighted by molar-refractivity contribution is -0.139. The van der Waals surface area contributed by atoms with E-state index in [1.165, 1.54) is 0 Å². The first-order chi connectivity index (χ1) is 8.26. The van der Waals surface area contributed by atoms with Crippen LogP contribution in [0.15, 0.2) is 0 Å². The van der Waals surface area contributed by atoms with E-state index in [1.54, 1.807) is 0 Å². The van der Waals surface area contributed by atoms with Crippen molar-refractivity contribution < 1.29 is 23.1 Å². The fourth-order valence-corrected chi connectivity index (χ4v) is 1.96. The SMILES string of the molecule is CCCC(NC(=O)NCCCS(C)(=O)=O)C(=O)O. The van der Waals surface area contributed by atoms with Crippen molar-refractivity contribution in [3.63, 3.8) is 0 Å². The highest BCUT2D eigenvalue weighted by Gasteiger charge is 2.18. The number of carboxylic acids is 1. The number of hydrogen-bond donors (Lipinski definition) is 3. The molecule has 1 atom stereocenters. The van der Waals surface area contributed by atoms with Crippen molar-refractivity contribution >= 4 is 21.8 Å². The van der Waals surface area contributed by atoms with Gasteiger partial charge in [0.25, 0.3) is 0 Å². The standard InChI is InChI=1S/C10H20N2O5S/c1-3-5-8(9(13)14)12-10(15)11-6-4-7-18(2,16)17/h8H,3-7H2,1-2H3,(H,13,14)(H2,11,12,15). The van der Waals surface area contributed by atoms with E-state index in [2.05, 4.69) is 10.6 Å². The molecule has 0 aliphatic rings. The first kappa shape index (κ1) is 16.7. The summed E-state index contributed by atoms with van der Waals surface area (Å²) in [5.74, 6) is -1.09. The number of urea groups is 1. The summed E-state index contributed by atoms with van der Waals surface area (Å²) < 4.78 is 21.6. The molecule has 18 heavy (non-hydrogen) atoms. The Balaban J connectivity index is 3.92. The van der Waals surface area contributed by atoms with Crippen LogP contribution in [0.25, 0.3) is 0 Å². The first-order valence-electron chi connectivity index (χ1n) is 5.71. The van der Waals surface area contributed by atoms with Crippen LogP contribution in [-0.4, -0.2) is 50.1 Å². The number of amides is 2. The van der Waals surface area contributed by atoms with Gasteiger partial charge in [-0.05, 0) is 12.8 Å². The highest BCUT2D eigenvalue weighted by molar-refractivity contribution is 7.90. The van der Waals surface area contributed by atoms with Crippen LogP contribution in [0.3, 0.4) is 0 Å². The molecule has 0 aromatic heterocycles. The highest BCUT2D eigenvalue weighted by atomic mass is 32.2. The minimum atomic E-state index is -3.03. The Hall–Kier alpha value is -1.31. The minimum absolute atomic E-state index is 0.00933. The summed E-state index contributed by atoms with van der Waals surface area (Å²) in [5.41, 5.74) is 0. The molecule has 0 fully saturated rings. The molecule has 7 nitrogen and oxygen atoms in total. The second-order valence-electron chi connectivity index (χ2n) is 4.06. The van der Waals surface area contributed by atoms with Gasteiger partial charge in [0.05, 0.1) is 5.75 Å². The summed E-state index contributed by atoms with van der Waals surface area (Å²) in [7, 11) is -3.03. The molecule has 2 amide bonds. The molecular formula is C10H20N2O5S. The second-order valence-corrected chi connectivity index (χ2v) is 6.32. The van der Waals surface area contributed by atoms with Gasteiger partial charge >= 0.3 is 12.0 Å². The maximum absolute atomic E-state index is 11.3. The molecule has 106 valence electrons. The first-order valence-corrected chi connectivity index (χ1v) is 7.77. The molecular weight excluding hydrogens is 260 g/mol. The molecule has 8 heteroatoms. The topological polar surface area (TPSA) is 113 Å². The monoisotopic (exact) mass is 280 g/mol. The predicted octanol–water partition coefficient (Wildman–Crippen LogP) is -0.0264. The van der Waals surface area contributed by atoms with E-state index in [0.717, 1.165) is 6.26 Å². The van der Waals surface area contributed by atoms with Crippen LogP contribution < -0.4 is 10.6 Å². The Morgan fingerprint density at radius 3 is 2.39 bits per heavy atom. The minimum Gasteiger partial charge on any atom is -0.480 e. The van der Waals surface area contributed by atoms with Gasteiger partial charge in [-0.3, -0.25) is 0 Å². The second kappa shape index (κ2) is 7.91. The van der Waals surface area contributed by atoms with Crippen molar-refractivity contribution in [3.8, 4) is 0 Å². The van der Waals surface area contributed by atoms with Crippen LogP contribution in [0.5, 0.6) is 0 Å². The van der Waals surface area contributed by atoms with E-state index >= 15 is 0 Å². The quantitative estimate of drug-likeness (QED) is 0.541. The van der Waals surface area contributed by atoms with Crippen LogP contribution >= 0.6 is 0 Å². The largest absolute Gasteiger partial charge is 0.480 e. The molecule has 3 N–H and O–H groups in total. The van der Waals surface area contributed by atoms with Gasteiger partial charge in [-0.25, -0.2) is 18.0 Å². The van der Waals surface area contributed by atoms with Gasteiger partial charge in [0.1, 0.15) is 15.9 Å². The molecule has 0 saturated carbocycles. The summed E-state index contributed by atoms with van der Waals surface area (Å²) in [6.45, 7) is 2.01. The number of hydrogen-bond acceptors (Lipinski definition) is 4. The number of rotatable bonds is 8. The number of nitrogens with one attached hydrogen (secondary N) is 2. The summed E-state index contributed by atoms with van der Waals surface area (Å²) in [6.07, 6.45) is 2.42. The van der Waals surface area contributed by atoms with Crippen molar-refractivity contribution in [1.29, 1.82) is 0 Å². The Bertz CT molecular complexity index is 380. The Labute approximate surface area is 107 Å². The molecule has 0 aliphatic carbocycles. The smallest absolute Gasteiger partial charge is 0.326 e. The van der Waals surface area contributed by atoms with Gasteiger partial charge in [0, 0.05) is 12.8 Å². The maximum atomic E-state index is 11.3. The van der Waals surface area contributed by atoms with Crippen LogP contribution in [0, 0.1) is 0 Å². The fraction of sp³-hybridized carbons (Fsp3) is 0.800. The molecule has 0 aliphatic heterocycles. The summed E-state index contributed by atoms with van der Waals surface area (Å²) in [4.78, 5) is 22.1. The van der Waals surface area contributed by atoms with Crippen molar-refractivity contribution in [2.45, 2.75) is 32.2 Å². The number of aliphatic carboxylic acids is 1. The third-order valence-corrected chi connectivity index (χ3v) is 3.19. The van der Waals surface area contributed by atoms with Crippen molar-refractivity contribution in [2.75, 3.05) is 18.6 Å². The molecule has 0 bridgehead atoms. The normalized spacial score (nSPS) is 12.8. The van der Waals surface area contributed by atoms with Gasteiger partial charge in [0.15, 0.2) is 0 Å². The third-order valence-electron chi connectivity index (χ3n) is 2.16. The van der Waals surface area contributed by atoms with E-state index < -0.39 is 27.9 Å². The Morgan fingerprint density at radius 1 is 1.33 bits per heavy atom. The van der Waals surface area contributed by atoms with Crippen LogP contribution in [0.2, 0.25) is 0 Å². The Kier molecular flexibility index (Phi) is 7.33. The fourth-order valence-electron chi connectivity index (χ4n) is 1.29. The van der Waals surface area contributed by atoms with E-state index in [1.807, 2.05) is 6.92 Å². The average molecular weight is 280 g/mol. The Morgan fingerprint density at radius 2 is 1.94 bits per heavy atom. The zero-order chi connectivity index (χ0) is 14.2. The van der Waals surface area contributed by atoms with Gasteiger partial charge in [-0.2, -0.15) is 0 Å². The highest BCUT2D eigenvalue weighted by Crippen LogP contribution is 1.96. The molecule has 0 saturated heterocycles. The molecule has 0 spiro atoms. The number of sulfone groups is 1. The number of carbonyl (C=O) groups excluding carboxylic acids is 1. The predicted molar refractivity (Wildman–Crippen MR) is 67.2 cm³/mol. The molecule has 0 rings (SSSR count). The zero-order valence-corrected chi connectivity index (χ0v) is 11.4. The lowest BCUT2D eigenvalue weighted by atomic mass is 10.2. The van der Waals surface area contributed by atoms with Crippen molar-refractivity contribution in [2.24, 2.45) is 0 Å². The summed E-state index contributed by atoms with van der Waals surface area (Å²) in [6, 6.07) is -1.51. The zero-order valence-electron chi connectivity index (χ0n) is 10.6. The summed E-state index contributed by atoms with van der Waals surface area (Å²) >= 11 is 0. The van der Waals surface area contributed by atoms with Gasteiger partial charge < -0.3 is 15.7 Å². The van der Waals surface area contributed by atoms with Crippen LogP contribution in [0.1, 0.15) is 26.2 Å². The average Bonchev–Trinajstić information content (AvgIpc) is 2.22. The van der Waals surface area contributed by atoms with Crippen LogP contribution in [0.4, 0.5) is 4.79 Å². The van der Waals surface area contributed by atoms with Gasteiger partial charge in [0.2, 0.25) is 0 Å². The third kappa shape index (κ3) is 8.80. The van der Waals surface area contributed by atoms with Crippen molar-refractivity contribution in [1.82, 2.24) is 10.6 Å². The molecule has 0 aromatic rings. The number of carboxylic acid groups (broad SMARTS) is 1. The van der Waals surface area contributed by atoms with E-state index in [0.29, 0.717) is 19.3 Å². The van der Waals surface area contributed by atoms with Crippen LogP contribution in [-0.2, 0) is 14.6 Å². The molecule has 0 radical (unpaired) electrons. The maximum Gasteiger partial charge on any atom is 0.326 e. The summed E-state index contributed by atoms with van der Waals surface area (Å²) in [5, 5.41) is 13.5. The molecule has 1 unspecified atom stereocenters. The number of carbonyl (C=O) groups is 2. The van der Waals surface area contributed by atoms with Crippen molar-refractivity contribution in [3.05, 3.63) is 0 Å². The molecule has 0 aromatic carbocycles. The van der Waals surface area contributed by atoms with Gasteiger partial charge in [-0.15, -0.1) is 0 Å². The van der Waals surface area contributed by atoms with E-state index in [-0.39, 0.29) is 12.3 Å². The molecule has 0 heterocycles. The van der Waals surface area contributed by atoms with E-state index in [4.69, 9.17) is 5.11 Å². The van der Waals surface area contributed by atoms with Gasteiger partial charge in [-0.1, -0.05) is 13.3 Å². The lowest BCUT2D eigenvalue weighted by Gasteiger charge is -2.14. The van der Waals surface area contributed by atoms with E-state index in [9.17, 15) is 18.0 Å². The lowest BCUT2D eigenvalue weighted by Crippen LogP contribution is -2.46.